The number of benzene rings is 1. The minimum atomic E-state index is 0.544. The highest BCUT2D eigenvalue weighted by atomic mass is 16.5. The van der Waals surface area contributed by atoms with E-state index in [2.05, 4.69) is 40.5 Å². The Balaban J connectivity index is 1.32. The second-order valence-electron chi connectivity index (χ2n) is 7.99. The van der Waals surface area contributed by atoms with Crippen LogP contribution in [0.4, 0.5) is 0 Å². The molecule has 3 heteroatoms. The zero-order chi connectivity index (χ0) is 16.2. The molecule has 3 nitrogen and oxygen atoms in total. The topological polar surface area (TPSA) is 24.5 Å². The van der Waals surface area contributed by atoms with Gasteiger partial charge in [-0.25, -0.2) is 0 Å². The van der Waals surface area contributed by atoms with Crippen molar-refractivity contribution in [2.45, 2.75) is 63.1 Å². The number of piperidine rings is 1. The molecule has 0 bridgehead atoms. The van der Waals surface area contributed by atoms with Crippen LogP contribution in [-0.4, -0.2) is 43.3 Å². The van der Waals surface area contributed by atoms with Crippen LogP contribution in [-0.2, 0) is 4.74 Å². The van der Waals surface area contributed by atoms with E-state index in [1.54, 1.807) is 0 Å². The Bertz CT molecular complexity index is 488. The molecule has 0 spiro atoms. The van der Waals surface area contributed by atoms with Crippen LogP contribution < -0.4 is 5.32 Å². The zero-order valence-electron chi connectivity index (χ0n) is 14.8. The second kappa shape index (κ2) is 7.99. The number of rotatable bonds is 6. The van der Waals surface area contributed by atoms with Crippen molar-refractivity contribution in [3.8, 4) is 0 Å². The largest absolute Gasteiger partial charge is 0.380 e. The summed E-state index contributed by atoms with van der Waals surface area (Å²) in [6.07, 6.45) is 9.42. The molecule has 2 heterocycles. The van der Waals surface area contributed by atoms with Crippen molar-refractivity contribution in [3.63, 3.8) is 0 Å². The highest BCUT2D eigenvalue weighted by Gasteiger charge is 2.30. The van der Waals surface area contributed by atoms with E-state index in [1.165, 1.54) is 63.6 Å². The molecule has 24 heavy (non-hydrogen) atoms. The van der Waals surface area contributed by atoms with Gasteiger partial charge in [-0.1, -0.05) is 49.6 Å². The first kappa shape index (κ1) is 16.6. The highest BCUT2D eigenvalue weighted by molar-refractivity contribution is 5.19. The lowest BCUT2D eigenvalue weighted by Gasteiger charge is -2.38. The third kappa shape index (κ3) is 4.01. The number of nitrogens with one attached hydrogen (secondary N) is 1. The quantitative estimate of drug-likeness (QED) is 0.860. The van der Waals surface area contributed by atoms with Gasteiger partial charge in [0, 0.05) is 37.8 Å². The van der Waals surface area contributed by atoms with Gasteiger partial charge in [-0.2, -0.15) is 0 Å². The molecule has 132 valence electrons. The number of nitrogens with zero attached hydrogens (tertiary/aromatic N) is 1. The van der Waals surface area contributed by atoms with Crippen molar-refractivity contribution in [1.82, 2.24) is 10.2 Å². The van der Waals surface area contributed by atoms with Gasteiger partial charge in [0.05, 0.1) is 6.61 Å². The summed E-state index contributed by atoms with van der Waals surface area (Å²) in [6.45, 7) is 4.37. The Kier molecular flexibility index (Phi) is 5.51. The van der Waals surface area contributed by atoms with Crippen molar-refractivity contribution in [2.24, 2.45) is 5.92 Å². The van der Waals surface area contributed by atoms with E-state index >= 15 is 0 Å². The Morgan fingerprint density at radius 3 is 2.46 bits per heavy atom. The average molecular weight is 329 g/mol. The first-order valence-corrected chi connectivity index (χ1v) is 10.0. The zero-order valence-corrected chi connectivity index (χ0v) is 14.8. The number of hydrogen-bond donors (Lipinski definition) is 1. The third-order valence-electron chi connectivity index (χ3n) is 6.38. The van der Waals surface area contributed by atoms with Crippen LogP contribution in [0.2, 0.25) is 0 Å². The van der Waals surface area contributed by atoms with Crippen LogP contribution in [0.15, 0.2) is 30.3 Å². The SMILES string of the molecule is c1ccc(C(CC2CCC2)NC2CCN(C3CCOC3)CC2)cc1. The van der Waals surface area contributed by atoms with Gasteiger partial charge in [0.25, 0.3) is 0 Å². The van der Waals surface area contributed by atoms with E-state index < -0.39 is 0 Å². The van der Waals surface area contributed by atoms with Gasteiger partial charge in [0.2, 0.25) is 0 Å². The van der Waals surface area contributed by atoms with E-state index in [0.717, 1.165) is 19.1 Å². The lowest BCUT2D eigenvalue weighted by atomic mass is 9.79. The maximum Gasteiger partial charge on any atom is 0.0622 e. The van der Waals surface area contributed by atoms with Crippen molar-refractivity contribution < 1.29 is 4.74 Å². The molecule has 0 aromatic heterocycles. The standard InChI is InChI=1S/C21H32N2O/c1-2-7-18(8-3-1)21(15-17-5-4-6-17)22-19-9-12-23(13-10-19)20-11-14-24-16-20/h1-3,7-8,17,19-22H,4-6,9-16H2. The highest BCUT2D eigenvalue weighted by Crippen LogP contribution is 2.35. The molecule has 3 fully saturated rings. The molecule has 1 N–H and O–H groups in total. The van der Waals surface area contributed by atoms with Crippen LogP contribution in [0.1, 0.15) is 56.6 Å². The smallest absolute Gasteiger partial charge is 0.0622 e. The van der Waals surface area contributed by atoms with E-state index in [4.69, 9.17) is 4.74 Å². The van der Waals surface area contributed by atoms with Crippen molar-refractivity contribution >= 4 is 0 Å². The Hall–Kier alpha value is -0.900. The minimum Gasteiger partial charge on any atom is -0.380 e. The van der Waals surface area contributed by atoms with Crippen LogP contribution in [0.25, 0.3) is 0 Å². The molecule has 2 saturated heterocycles. The van der Waals surface area contributed by atoms with Crippen LogP contribution in [0, 0.1) is 5.92 Å². The summed E-state index contributed by atoms with van der Waals surface area (Å²) in [5.74, 6) is 0.943. The van der Waals surface area contributed by atoms with Gasteiger partial charge in [0.1, 0.15) is 0 Å². The molecule has 4 rings (SSSR count). The average Bonchev–Trinajstić information content (AvgIpc) is 3.13. The molecule has 2 atom stereocenters. The summed E-state index contributed by atoms with van der Waals surface area (Å²) in [5, 5.41) is 4.02. The monoisotopic (exact) mass is 328 g/mol. The molecule has 1 aliphatic carbocycles. The molecule has 1 aromatic rings. The Morgan fingerprint density at radius 2 is 1.83 bits per heavy atom. The first-order valence-electron chi connectivity index (χ1n) is 10.0. The van der Waals surface area contributed by atoms with Crippen LogP contribution >= 0.6 is 0 Å². The Labute approximate surface area is 146 Å². The van der Waals surface area contributed by atoms with Crippen LogP contribution in [0.3, 0.4) is 0 Å². The maximum atomic E-state index is 5.56. The van der Waals surface area contributed by atoms with E-state index in [0.29, 0.717) is 18.1 Å². The van der Waals surface area contributed by atoms with Gasteiger partial charge in [-0.05, 0) is 37.2 Å². The van der Waals surface area contributed by atoms with Crippen LogP contribution in [0.5, 0.6) is 0 Å². The number of ether oxygens (including phenoxy) is 1. The lowest BCUT2D eigenvalue weighted by Crippen LogP contribution is -2.47. The normalized spacial score (nSPS) is 27.9. The fourth-order valence-corrected chi connectivity index (χ4v) is 4.57. The van der Waals surface area contributed by atoms with Crippen molar-refractivity contribution in [2.75, 3.05) is 26.3 Å². The molecular weight excluding hydrogens is 296 g/mol. The molecular formula is C21H32N2O. The molecule has 2 aliphatic heterocycles. The predicted molar refractivity (Wildman–Crippen MR) is 98.1 cm³/mol. The van der Waals surface area contributed by atoms with E-state index in [9.17, 15) is 0 Å². The lowest BCUT2D eigenvalue weighted by molar-refractivity contribution is 0.113. The van der Waals surface area contributed by atoms with Gasteiger partial charge in [-0.15, -0.1) is 0 Å². The van der Waals surface area contributed by atoms with Gasteiger partial charge in [-0.3, -0.25) is 4.90 Å². The van der Waals surface area contributed by atoms with Gasteiger partial charge in [0.15, 0.2) is 0 Å². The molecule has 0 radical (unpaired) electrons. The van der Waals surface area contributed by atoms with Gasteiger partial charge < -0.3 is 10.1 Å². The summed E-state index contributed by atoms with van der Waals surface area (Å²) in [4.78, 5) is 2.66. The number of hydrogen-bond acceptors (Lipinski definition) is 3. The summed E-state index contributed by atoms with van der Waals surface area (Å²) < 4.78 is 5.56. The fraction of sp³-hybridized carbons (Fsp3) is 0.714. The summed E-state index contributed by atoms with van der Waals surface area (Å²) in [7, 11) is 0. The molecule has 2 unspecified atom stereocenters. The molecule has 1 aromatic carbocycles. The molecule has 0 amide bonds. The van der Waals surface area contributed by atoms with E-state index in [-0.39, 0.29) is 0 Å². The Morgan fingerprint density at radius 1 is 1.04 bits per heavy atom. The number of likely N-dealkylation sites (tertiary alicyclic amines) is 1. The second-order valence-corrected chi connectivity index (χ2v) is 7.99. The molecule has 1 saturated carbocycles. The molecule has 3 aliphatic rings. The van der Waals surface area contributed by atoms with Crippen molar-refractivity contribution in [1.29, 1.82) is 0 Å². The summed E-state index contributed by atoms with van der Waals surface area (Å²) >= 11 is 0. The predicted octanol–water partition coefficient (Wildman–Crippen LogP) is 3.76. The van der Waals surface area contributed by atoms with Gasteiger partial charge >= 0.3 is 0 Å². The maximum absolute atomic E-state index is 5.56. The first-order chi connectivity index (χ1) is 11.9. The summed E-state index contributed by atoms with van der Waals surface area (Å²) in [5.41, 5.74) is 1.48. The minimum absolute atomic E-state index is 0.544. The third-order valence-corrected chi connectivity index (χ3v) is 6.38. The van der Waals surface area contributed by atoms with E-state index in [1.807, 2.05) is 0 Å². The summed E-state index contributed by atoms with van der Waals surface area (Å²) in [6, 6.07) is 13.0. The fourth-order valence-electron chi connectivity index (χ4n) is 4.57. The van der Waals surface area contributed by atoms with Crippen molar-refractivity contribution in [3.05, 3.63) is 35.9 Å².